The average Bonchev–Trinajstić information content (AvgIpc) is 3.11. The number of nitriles is 1. The summed E-state index contributed by atoms with van der Waals surface area (Å²) in [6, 6.07) is 15.9. The van der Waals surface area contributed by atoms with Gasteiger partial charge in [-0.1, -0.05) is 36.4 Å². The lowest BCUT2D eigenvalue weighted by Crippen LogP contribution is -2.02. The highest BCUT2D eigenvalue weighted by Crippen LogP contribution is 2.20. The molecule has 0 aliphatic carbocycles. The van der Waals surface area contributed by atoms with Gasteiger partial charge in [-0.05, 0) is 30.2 Å². The van der Waals surface area contributed by atoms with Gasteiger partial charge in [-0.2, -0.15) is 10.4 Å². The van der Waals surface area contributed by atoms with Gasteiger partial charge in [0.1, 0.15) is 18.5 Å². The second kappa shape index (κ2) is 6.67. The predicted octanol–water partition coefficient (Wildman–Crippen LogP) is 3.42. The Kier molecular flexibility index (Phi) is 4.25. The van der Waals surface area contributed by atoms with Crippen LogP contribution in [0.15, 0.2) is 67.3 Å². The van der Waals surface area contributed by atoms with Crippen LogP contribution in [0.1, 0.15) is 16.7 Å². The summed E-state index contributed by atoms with van der Waals surface area (Å²) in [5.74, 6) is -0.260. The quantitative estimate of drug-likeness (QED) is 0.742. The highest BCUT2D eigenvalue weighted by molar-refractivity contribution is 5.70. The van der Waals surface area contributed by atoms with Crippen LogP contribution in [-0.2, 0) is 6.42 Å². The lowest BCUT2D eigenvalue weighted by atomic mass is 10.0. The maximum Gasteiger partial charge on any atom is 0.138 e. The number of rotatable bonds is 4. The van der Waals surface area contributed by atoms with E-state index in [1.165, 1.54) is 18.5 Å². The minimum atomic E-state index is -0.260. The largest absolute Gasteiger partial charge is 0.223 e. The topological polar surface area (TPSA) is 54.5 Å². The molecule has 4 nitrogen and oxygen atoms in total. The fraction of sp³-hybridized carbons (Fsp3) is 0.0556. The molecule has 0 N–H and O–H groups in total. The van der Waals surface area contributed by atoms with Crippen LogP contribution in [0.5, 0.6) is 0 Å². The van der Waals surface area contributed by atoms with Crippen molar-refractivity contribution in [3.63, 3.8) is 0 Å². The van der Waals surface area contributed by atoms with Gasteiger partial charge < -0.3 is 0 Å². The van der Waals surface area contributed by atoms with Gasteiger partial charge in [-0.25, -0.2) is 14.1 Å². The number of hydrogen-bond acceptors (Lipinski definition) is 3. The van der Waals surface area contributed by atoms with Crippen LogP contribution < -0.4 is 0 Å². The SMILES string of the molecule is N#Cc1ccccc1C(=CCc1ccc(F)cc1)n1cncn1. The van der Waals surface area contributed by atoms with Crippen LogP contribution in [0, 0.1) is 17.1 Å². The second-order valence-corrected chi connectivity index (χ2v) is 4.92. The van der Waals surface area contributed by atoms with Crippen molar-refractivity contribution in [3.8, 4) is 6.07 Å². The Balaban J connectivity index is 2.01. The highest BCUT2D eigenvalue weighted by Gasteiger charge is 2.10. The Bertz CT molecular complexity index is 859. The van der Waals surface area contributed by atoms with E-state index >= 15 is 0 Å². The first-order valence-corrected chi connectivity index (χ1v) is 7.07. The first-order chi connectivity index (χ1) is 11.3. The Morgan fingerprint density at radius 3 is 2.65 bits per heavy atom. The van der Waals surface area contributed by atoms with E-state index in [1.807, 2.05) is 24.3 Å². The summed E-state index contributed by atoms with van der Waals surface area (Å²) >= 11 is 0. The highest BCUT2D eigenvalue weighted by atomic mass is 19.1. The number of aromatic nitrogens is 3. The van der Waals surface area contributed by atoms with Crippen LogP contribution in [0.4, 0.5) is 4.39 Å². The summed E-state index contributed by atoms with van der Waals surface area (Å²) in [5, 5.41) is 13.5. The van der Waals surface area contributed by atoms with Gasteiger partial charge in [0.2, 0.25) is 0 Å². The molecule has 0 radical (unpaired) electrons. The van der Waals surface area contributed by atoms with Crippen molar-refractivity contribution in [1.29, 1.82) is 5.26 Å². The van der Waals surface area contributed by atoms with Crippen molar-refractivity contribution >= 4 is 5.70 Å². The summed E-state index contributed by atoms with van der Waals surface area (Å²) in [7, 11) is 0. The summed E-state index contributed by atoms with van der Waals surface area (Å²) in [6.07, 6.45) is 5.58. The monoisotopic (exact) mass is 304 g/mol. The molecule has 0 unspecified atom stereocenters. The fourth-order valence-electron chi connectivity index (χ4n) is 2.30. The van der Waals surface area contributed by atoms with E-state index in [1.54, 1.807) is 29.2 Å². The van der Waals surface area contributed by atoms with E-state index in [9.17, 15) is 9.65 Å². The first-order valence-electron chi connectivity index (χ1n) is 7.07. The molecule has 0 saturated heterocycles. The van der Waals surface area contributed by atoms with E-state index < -0.39 is 0 Å². The summed E-state index contributed by atoms with van der Waals surface area (Å²) in [6.45, 7) is 0. The molecule has 3 rings (SSSR count). The second-order valence-electron chi connectivity index (χ2n) is 4.92. The van der Waals surface area contributed by atoms with Crippen LogP contribution >= 0.6 is 0 Å². The Labute approximate surface area is 133 Å². The number of nitrogens with zero attached hydrogens (tertiary/aromatic N) is 4. The van der Waals surface area contributed by atoms with Gasteiger partial charge >= 0.3 is 0 Å². The predicted molar refractivity (Wildman–Crippen MR) is 84.7 cm³/mol. The molecule has 5 heteroatoms. The minimum Gasteiger partial charge on any atom is -0.223 e. The third kappa shape index (κ3) is 3.33. The zero-order chi connectivity index (χ0) is 16.1. The molecule has 0 aliphatic rings. The van der Waals surface area contributed by atoms with Gasteiger partial charge in [0.25, 0.3) is 0 Å². The van der Waals surface area contributed by atoms with Gasteiger partial charge in [0.15, 0.2) is 0 Å². The van der Waals surface area contributed by atoms with Crippen molar-refractivity contribution in [2.75, 3.05) is 0 Å². The average molecular weight is 304 g/mol. The molecule has 3 aromatic rings. The van der Waals surface area contributed by atoms with Crippen LogP contribution in [0.2, 0.25) is 0 Å². The van der Waals surface area contributed by atoms with Crippen molar-refractivity contribution < 1.29 is 4.39 Å². The van der Waals surface area contributed by atoms with Crippen molar-refractivity contribution in [2.45, 2.75) is 6.42 Å². The molecular formula is C18H13FN4. The van der Waals surface area contributed by atoms with Crippen LogP contribution in [-0.4, -0.2) is 14.8 Å². The third-order valence-corrected chi connectivity index (χ3v) is 3.43. The van der Waals surface area contributed by atoms with Crippen molar-refractivity contribution in [2.24, 2.45) is 0 Å². The standard InChI is InChI=1S/C18H13FN4/c19-16-8-5-14(6-9-16)7-10-18(23-13-21-12-22-23)17-4-2-1-3-15(17)11-20/h1-6,8-10,12-13H,7H2. The fourth-order valence-corrected chi connectivity index (χ4v) is 2.30. The summed E-state index contributed by atoms with van der Waals surface area (Å²) in [4.78, 5) is 3.97. The number of benzene rings is 2. The first kappa shape index (κ1) is 14.7. The lowest BCUT2D eigenvalue weighted by molar-refractivity contribution is 0.627. The van der Waals surface area contributed by atoms with E-state index in [2.05, 4.69) is 16.2 Å². The molecule has 1 aromatic heterocycles. The number of hydrogen-bond donors (Lipinski definition) is 0. The molecule has 2 aromatic carbocycles. The van der Waals surface area contributed by atoms with Gasteiger partial charge in [0.05, 0.1) is 17.3 Å². The number of halogens is 1. The molecule has 1 heterocycles. The van der Waals surface area contributed by atoms with Gasteiger partial charge in [-0.15, -0.1) is 0 Å². The molecule has 0 atom stereocenters. The molecular weight excluding hydrogens is 291 g/mol. The third-order valence-electron chi connectivity index (χ3n) is 3.43. The minimum absolute atomic E-state index is 0.260. The smallest absolute Gasteiger partial charge is 0.138 e. The van der Waals surface area contributed by atoms with E-state index in [0.29, 0.717) is 12.0 Å². The van der Waals surface area contributed by atoms with Crippen molar-refractivity contribution in [1.82, 2.24) is 14.8 Å². The van der Waals surface area contributed by atoms with Crippen molar-refractivity contribution in [3.05, 3.63) is 89.8 Å². The normalized spacial score (nSPS) is 11.2. The Hall–Kier alpha value is -3.26. The molecule has 0 bridgehead atoms. The lowest BCUT2D eigenvalue weighted by Gasteiger charge is -2.09. The molecule has 0 aliphatic heterocycles. The summed E-state index contributed by atoms with van der Waals surface area (Å²) < 4.78 is 14.6. The Morgan fingerprint density at radius 2 is 1.96 bits per heavy atom. The Morgan fingerprint density at radius 1 is 1.17 bits per heavy atom. The maximum absolute atomic E-state index is 13.0. The molecule has 0 amide bonds. The molecule has 0 fully saturated rings. The number of allylic oxidation sites excluding steroid dienone is 1. The van der Waals surface area contributed by atoms with E-state index in [0.717, 1.165) is 16.8 Å². The zero-order valence-electron chi connectivity index (χ0n) is 12.2. The van der Waals surface area contributed by atoms with Gasteiger partial charge in [0, 0.05) is 5.56 Å². The zero-order valence-corrected chi connectivity index (χ0v) is 12.2. The van der Waals surface area contributed by atoms with Crippen LogP contribution in [0.3, 0.4) is 0 Å². The molecule has 0 saturated carbocycles. The maximum atomic E-state index is 13.0. The van der Waals surface area contributed by atoms with Crippen LogP contribution in [0.25, 0.3) is 5.70 Å². The van der Waals surface area contributed by atoms with E-state index in [-0.39, 0.29) is 5.82 Å². The molecule has 0 spiro atoms. The van der Waals surface area contributed by atoms with Gasteiger partial charge in [-0.3, -0.25) is 0 Å². The molecule has 23 heavy (non-hydrogen) atoms. The van der Waals surface area contributed by atoms with E-state index in [4.69, 9.17) is 0 Å². The molecule has 112 valence electrons. The summed E-state index contributed by atoms with van der Waals surface area (Å²) in [5.41, 5.74) is 3.08.